The van der Waals surface area contributed by atoms with Gasteiger partial charge in [-0.2, -0.15) is 4.80 Å². The molecule has 3 atom stereocenters. The van der Waals surface area contributed by atoms with E-state index in [1.165, 1.54) is 11.1 Å². The quantitative estimate of drug-likeness (QED) is 0.386. The van der Waals surface area contributed by atoms with Gasteiger partial charge in [0.05, 0.1) is 23.5 Å². The molecule has 5 rings (SSSR count). The third-order valence-corrected chi connectivity index (χ3v) is 6.23. The van der Waals surface area contributed by atoms with Crippen LogP contribution in [-0.2, 0) is 7.05 Å². The average molecular weight is 468 g/mol. The number of nitrogens with zero attached hydrogens (tertiary/aromatic N) is 7. The molecule has 1 aromatic carbocycles. The Labute approximate surface area is 193 Å². The number of aromatic nitrogens is 7. The van der Waals surface area contributed by atoms with Crippen molar-refractivity contribution in [3.63, 3.8) is 0 Å². The first-order valence-corrected chi connectivity index (χ1v) is 10.8. The molecule has 33 heavy (non-hydrogen) atoms. The highest BCUT2D eigenvalue weighted by molar-refractivity contribution is 6.35. The minimum atomic E-state index is -0.356. The van der Waals surface area contributed by atoms with Gasteiger partial charge in [0, 0.05) is 24.3 Å². The van der Waals surface area contributed by atoms with Crippen LogP contribution in [0.4, 0.5) is 11.6 Å². The maximum absolute atomic E-state index is 13.5. The zero-order valence-electron chi connectivity index (χ0n) is 18.0. The van der Waals surface area contributed by atoms with Gasteiger partial charge in [-0.3, -0.25) is 4.79 Å². The smallest absolute Gasteiger partial charge is 0.260 e. The van der Waals surface area contributed by atoms with Crippen molar-refractivity contribution in [1.29, 1.82) is 0 Å². The zero-order valence-corrected chi connectivity index (χ0v) is 18.7. The standard InChI is InChI=1S/C21H22ClN9O2/c1-10(26-19-17(18(23)24-9-25-19)20-27-29-30(2)28-20)14-6-11-4-3-5-13(22)16(11)21(33)31(14)15-7-12(15)8-32/h3-6,9-10,12,15,32H,7-8H2,1-2H3,(H3,23,24,25,26)/t10-,12?,15?/m0/s1. The molecule has 2 unspecified atom stereocenters. The number of rotatable bonds is 6. The lowest BCUT2D eigenvalue weighted by molar-refractivity contribution is 0.268. The Morgan fingerprint density at radius 2 is 2.18 bits per heavy atom. The van der Waals surface area contributed by atoms with E-state index in [-0.39, 0.29) is 41.8 Å². The van der Waals surface area contributed by atoms with Crippen molar-refractivity contribution in [2.45, 2.75) is 25.4 Å². The van der Waals surface area contributed by atoms with E-state index in [0.717, 1.165) is 17.5 Å². The third-order valence-electron chi connectivity index (χ3n) is 5.92. The van der Waals surface area contributed by atoms with Crippen molar-refractivity contribution in [3.05, 3.63) is 51.7 Å². The largest absolute Gasteiger partial charge is 0.396 e. The SMILES string of the molecule is C[C@H](Nc1ncnc(N)c1-c1nnn(C)n1)c1cc2cccc(Cl)c2c(=O)n1C1CC1CO. The normalized spacial score (nSPS) is 18.4. The van der Waals surface area contributed by atoms with E-state index in [1.54, 1.807) is 17.7 Å². The Hall–Kier alpha value is -3.57. The monoisotopic (exact) mass is 467 g/mol. The summed E-state index contributed by atoms with van der Waals surface area (Å²) >= 11 is 6.37. The van der Waals surface area contributed by atoms with Gasteiger partial charge in [-0.1, -0.05) is 23.7 Å². The Morgan fingerprint density at radius 3 is 2.88 bits per heavy atom. The number of fused-ring (bicyclic) bond motifs is 1. The predicted molar refractivity (Wildman–Crippen MR) is 124 cm³/mol. The molecule has 3 aromatic heterocycles. The van der Waals surface area contributed by atoms with E-state index >= 15 is 0 Å². The number of nitrogens with two attached hydrogens (primary N) is 1. The number of pyridine rings is 1. The van der Waals surface area contributed by atoms with Crippen molar-refractivity contribution in [2.75, 3.05) is 17.7 Å². The third kappa shape index (κ3) is 3.68. The molecule has 1 aliphatic rings. The molecule has 1 fully saturated rings. The number of benzene rings is 1. The summed E-state index contributed by atoms with van der Waals surface area (Å²) in [7, 11) is 1.65. The average Bonchev–Trinajstić information content (AvgIpc) is 3.44. The summed E-state index contributed by atoms with van der Waals surface area (Å²) in [5.74, 6) is 0.943. The van der Waals surface area contributed by atoms with E-state index in [2.05, 4.69) is 30.7 Å². The van der Waals surface area contributed by atoms with Crippen LogP contribution in [0.25, 0.3) is 22.2 Å². The number of aliphatic hydroxyl groups excluding tert-OH is 1. The van der Waals surface area contributed by atoms with Crippen molar-refractivity contribution >= 4 is 34.0 Å². The van der Waals surface area contributed by atoms with Crippen LogP contribution in [0.1, 0.15) is 31.1 Å². The number of aryl methyl sites for hydroxylation is 1. The zero-order chi connectivity index (χ0) is 23.3. The number of hydrogen-bond acceptors (Lipinski definition) is 9. The molecular formula is C21H22ClN9O2. The van der Waals surface area contributed by atoms with Crippen molar-refractivity contribution < 1.29 is 5.11 Å². The van der Waals surface area contributed by atoms with Crippen LogP contribution in [-0.4, -0.2) is 46.5 Å². The van der Waals surface area contributed by atoms with Gasteiger partial charge < -0.3 is 20.7 Å². The molecule has 170 valence electrons. The first-order chi connectivity index (χ1) is 15.9. The summed E-state index contributed by atoms with van der Waals surface area (Å²) in [4.78, 5) is 23.2. The van der Waals surface area contributed by atoms with Gasteiger partial charge in [0.25, 0.3) is 5.56 Å². The highest BCUT2D eigenvalue weighted by Gasteiger charge is 2.40. The minimum absolute atomic E-state index is 0.0177. The van der Waals surface area contributed by atoms with Crippen LogP contribution in [0.5, 0.6) is 0 Å². The van der Waals surface area contributed by atoms with E-state index in [1.807, 2.05) is 25.1 Å². The first kappa shape index (κ1) is 21.3. The highest BCUT2D eigenvalue weighted by Crippen LogP contribution is 2.44. The predicted octanol–water partition coefficient (Wildman–Crippen LogP) is 1.94. The second kappa shape index (κ2) is 8.09. The van der Waals surface area contributed by atoms with Crippen LogP contribution in [0.3, 0.4) is 0 Å². The number of nitrogens with one attached hydrogen (secondary N) is 1. The summed E-state index contributed by atoms with van der Waals surface area (Å²) in [5, 5.41) is 26.7. The number of nitrogen functional groups attached to an aromatic ring is 1. The van der Waals surface area contributed by atoms with E-state index < -0.39 is 0 Å². The van der Waals surface area contributed by atoms with Gasteiger partial charge in [-0.05, 0) is 36.1 Å². The lowest BCUT2D eigenvalue weighted by Crippen LogP contribution is -2.27. The highest BCUT2D eigenvalue weighted by atomic mass is 35.5. The molecule has 0 amide bonds. The Bertz CT molecular complexity index is 1420. The molecule has 0 bridgehead atoms. The molecule has 11 nitrogen and oxygen atoms in total. The molecule has 12 heteroatoms. The molecule has 3 heterocycles. The Kier molecular flexibility index (Phi) is 5.22. The molecule has 0 aliphatic heterocycles. The number of tetrazole rings is 1. The minimum Gasteiger partial charge on any atom is -0.396 e. The lowest BCUT2D eigenvalue weighted by atomic mass is 10.1. The molecule has 0 spiro atoms. The fourth-order valence-electron chi connectivity index (χ4n) is 4.17. The Morgan fingerprint density at radius 1 is 1.36 bits per heavy atom. The molecule has 4 aromatic rings. The molecule has 1 saturated carbocycles. The number of aliphatic hydroxyl groups is 1. The van der Waals surface area contributed by atoms with E-state index in [0.29, 0.717) is 21.8 Å². The van der Waals surface area contributed by atoms with Crippen LogP contribution < -0.4 is 16.6 Å². The number of halogens is 1. The van der Waals surface area contributed by atoms with Gasteiger partial charge in [0.1, 0.15) is 23.5 Å². The summed E-state index contributed by atoms with van der Waals surface area (Å²) in [5.41, 5.74) is 7.10. The fraction of sp³-hybridized carbons (Fsp3) is 0.333. The molecule has 0 radical (unpaired) electrons. The van der Waals surface area contributed by atoms with Gasteiger partial charge in [-0.15, -0.1) is 10.2 Å². The van der Waals surface area contributed by atoms with Gasteiger partial charge in [0.15, 0.2) is 0 Å². The Balaban J connectivity index is 1.62. The van der Waals surface area contributed by atoms with E-state index in [9.17, 15) is 9.90 Å². The molecule has 0 saturated heterocycles. The summed E-state index contributed by atoms with van der Waals surface area (Å²) < 4.78 is 1.73. The van der Waals surface area contributed by atoms with E-state index in [4.69, 9.17) is 17.3 Å². The first-order valence-electron chi connectivity index (χ1n) is 10.4. The molecule has 4 N–H and O–H groups in total. The lowest BCUT2D eigenvalue weighted by Gasteiger charge is -2.22. The summed E-state index contributed by atoms with van der Waals surface area (Å²) in [6.07, 6.45) is 2.07. The van der Waals surface area contributed by atoms with Crippen LogP contribution in [0.2, 0.25) is 5.02 Å². The van der Waals surface area contributed by atoms with Crippen LogP contribution in [0.15, 0.2) is 35.4 Å². The maximum Gasteiger partial charge on any atom is 0.260 e. The number of anilines is 2. The maximum atomic E-state index is 13.5. The van der Waals surface area contributed by atoms with Crippen molar-refractivity contribution in [2.24, 2.45) is 13.0 Å². The van der Waals surface area contributed by atoms with Gasteiger partial charge >= 0.3 is 0 Å². The fourth-order valence-corrected chi connectivity index (χ4v) is 4.43. The van der Waals surface area contributed by atoms with Gasteiger partial charge in [0.2, 0.25) is 5.82 Å². The topological polar surface area (TPSA) is 150 Å². The van der Waals surface area contributed by atoms with Crippen molar-refractivity contribution in [3.8, 4) is 11.4 Å². The van der Waals surface area contributed by atoms with Crippen LogP contribution in [0, 0.1) is 5.92 Å². The second-order valence-electron chi connectivity index (χ2n) is 8.15. The second-order valence-corrected chi connectivity index (χ2v) is 8.55. The summed E-state index contributed by atoms with van der Waals surface area (Å²) in [6, 6.07) is 6.86. The van der Waals surface area contributed by atoms with Crippen LogP contribution >= 0.6 is 11.6 Å². The van der Waals surface area contributed by atoms with Crippen molar-refractivity contribution in [1.82, 2.24) is 34.7 Å². The summed E-state index contributed by atoms with van der Waals surface area (Å²) in [6.45, 7) is 1.94. The van der Waals surface area contributed by atoms with Gasteiger partial charge in [-0.25, -0.2) is 9.97 Å². The number of hydrogen-bond donors (Lipinski definition) is 3. The molecule has 1 aliphatic carbocycles. The molecular weight excluding hydrogens is 446 g/mol.